The zero-order valence-corrected chi connectivity index (χ0v) is 15.9. The van der Waals surface area contributed by atoms with Crippen LogP contribution in [0.1, 0.15) is 45.5 Å². The van der Waals surface area contributed by atoms with Crippen LogP contribution < -0.4 is 5.32 Å². The normalized spacial score (nSPS) is 19.5. The minimum atomic E-state index is 0.0392. The highest BCUT2D eigenvalue weighted by Gasteiger charge is 2.27. The molecule has 2 heterocycles. The first-order valence-corrected chi connectivity index (χ1v) is 9.57. The number of amides is 1. The number of piperidine rings is 1. The minimum Gasteiger partial charge on any atom is -0.439 e. The van der Waals surface area contributed by atoms with E-state index >= 15 is 0 Å². The second-order valence-corrected chi connectivity index (χ2v) is 7.51. The lowest BCUT2D eigenvalue weighted by Gasteiger charge is -2.35. The van der Waals surface area contributed by atoms with Crippen LogP contribution >= 0.6 is 0 Å². The molecule has 5 nitrogen and oxygen atoms in total. The summed E-state index contributed by atoms with van der Waals surface area (Å²) in [6, 6.07) is 10.2. The lowest BCUT2D eigenvalue weighted by molar-refractivity contribution is -0.124. The average Bonchev–Trinajstić information content (AvgIpc) is 3.16. The van der Waals surface area contributed by atoms with Gasteiger partial charge in [-0.2, -0.15) is 0 Å². The number of oxazole rings is 1. The summed E-state index contributed by atoms with van der Waals surface area (Å²) < 4.78 is 6.03. The predicted octanol–water partition coefficient (Wildman–Crippen LogP) is 3.89. The second kappa shape index (κ2) is 8.49. The van der Waals surface area contributed by atoms with Crippen molar-refractivity contribution in [2.45, 2.75) is 39.7 Å². The largest absolute Gasteiger partial charge is 0.439 e. The highest BCUT2D eigenvalue weighted by Crippen LogP contribution is 2.29. The molecule has 1 amide bonds. The Morgan fingerprint density at radius 3 is 2.81 bits per heavy atom. The molecule has 2 atom stereocenters. The molecule has 1 aliphatic rings. The van der Waals surface area contributed by atoms with Crippen LogP contribution in [-0.2, 0) is 4.79 Å². The maximum Gasteiger partial charge on any atom is 0.222 e. The molecule has 140 valence electrons. The highest BCUT2D eigenvalue weighted by atomic mass is 16.4. The van der Waals surface area contributed by atoms with Crippen LogP contribution in [0.3, 0.4) is 0 Å². The standard InChI is InChI=1S/C21H29N3O2/c1-15(2)20(25)22-12-17-8-7-11-24(14-17)16(3)21-23-13-19(26-21)18-9-5-4-6-10-18/h4-6,9-10,13,15-17H,7-8,11-12,14H2,1-3H3,(H,22,25). The van der Waals surface area contributed by atoms with Crippen molar-refractivity contribution in [1.29, 1.82) is 0 Å². The monoisotopic (exact) mass is 355 g/mol. The van der Waals surface area contributed by atoms with Gasteiger partial charge in [0.2, 0.25) is 11.8 Å². The molecule has 1 fully saturated rings. The van der Waals surface area contributed by atoms with Crippen molar-refractivity contribution in [1.82, 2.24) is 15.2 Å². The van der Waals surface area contributed by atoms with Gasteiger partial charge in [-0.3, -0.25) is 9.69 Å². The maximum absolute atomic E-state index is 11.8. The van der Waals surface area contributed by atoms with Gasteiger partial charge in [0, 0.05) is 24.6 Å². The van der Waals surface area contributed by atoms with Crippen molar-refractivity contribution in [2.24, 2.45) is 11.8 Å². The van der Waals surface area contributed by atoms with E-state index in [1.54, 1.807) is 0 Å². The fourth-order valence-electron chi connectivity index (χ4n) is 3.44. The van der Waals surface area contributed by atoms with Crippen LogP contribution in [0.4, 0.5) is 0 Å². The Bertz CT molecular complexity index is 711. The Balaban J connectivity index is 1.60. The zero-order valence-electron chi connectivity index (χ0n) is 15.9. The number of hydrogen-bond acceptors (Lipinski definition) is 4. The third-order valence-corrected chi connectivity index (χ3v) is 5.13. The molecule has 0 saturated carbocycles. The lowest BCUT2D eigenvalue weighted by Crippen LogP contribution is -2.42. The molecule has 1 N–H and O–H groups in total. The van der Waals surface area contributed by atoms with Gasteiger partial charge in [-0.25, -0.2) is 4.98 Å². The zero-order chi connectivity index (χ0) is 18.5. The van der Waals surface area contributed by atoms with Crippen LogP contribution in [-0.4, -0.2) is 35.4 Å². The first kappa shape index (κ1) is 18.6. The van der Waals surface area contributed by atoms with Crippen LogP contribution in [0.25, 0.3) is 11.3 Å². The number of carbonyl (C=O) groups excluding carboxylic acids is 1. The van der Waals surface area contributed by atoms with Gasteiger partial charge >= 0.3 is 0 Å². The van der Waals surface area contributed by atoms with E-state index in [-0.39, 0.29) is 17.9 Å². The molecular weight excluding hydrogens is 326 g/mol. The number of rotatable bonds is 6. The minimum absolute atomic E-state index is 0.0392. The number of likely N-dealkylation sites (tertiary alicyclic amines) is 1. The van der Waals surface area contributed by atoms with Gasteiger partial charge in [0.15, 0.2) is 5.76 Å². The molecule has 2 aromatic rings. The summed E-state index contributed by atoms with van der Waals surface area (Å²) >= 11 is 0. The summed E-state index contributed by atoms with van der Waals surface area (Å²) in [7, 11) is 0. The fraction of sp³-hybridized carbons (Fsp3) is 0.524. The van der Waals surface area contributed by atoms with Gasteiger partial charge in [0.25, 0.3) is 0 Å². The Morgan fingerprint density at radius 2 is 2.08 bits per heavy atom. The molecule has 3 rings (SSSR count). The van der Waals surface area contributed by atoms with E-state index in [9.17, 15) is 4.79 Å². The summed E-state index contributed by atoms with van der Waals surface area (Å²) in [6.07, 6.45) is 4.10. The molecular formula is C21H29N3O2. The number of carbonyl (C=O) groups is 1. The third-order valence-electron chi connectivity index (χ3n) is 5.13. The summed E-state index contributed by atoms with van der Waals surface area (Å²) in [5, 5.41) is 3.07. The Hall–Kier alpha value is -2.14. The van der Waals surface area contributed by atoms with E-state index < -0.39 is 0 Å². The number of nitrogens with zero attached hydrogens (tertiary/aromatic N) is 2. The van der Waals surface area contributed by atoms with E-state index in [4.69, 9.17) is 4.42 Å². The number of benzene rings is 1. The smallest absolute Gasteiger partial charge is 0.222 e. The van der Waals surface area contributed by atoms with E-state index in [0.29, 0.717) is 5.92 Å². The van der Waals surface area contributed by atoms with Crippen molar-refractivity contribution in [3.8, 4) is 11.3 Å². The number of hydrogen-bond donors (Lipinski definition) is 1. The Kier molecular flexibility index (Phi) is 6.09. The molecule has 2 unspecified atom stereocenters. The van der Waals surface area contributed by atoms with Crippen molar-refractivity contribution in [3.05, 3.63) is 42.4 Å². The average molecular weight is 355 g/mol. The molecule has 1 saturated heterocycles. The Morgan fingerprint density at radius 1 is 1.31 bits per heavy atom. The van der Waals surface area contributed by atoms with Gasteiger partial charge in [0.05, 0.1) is 12.2 Å². The summed E-state index contributed by atoms with van der Waals surface area (Å²) in [6.45, 7) is 8.76. The molecule has 26 heavy (non-hydrogen) atoms. The molecule has 1 aliphatic heterocycles. The second-order valence-electron chi connectivity index (χ2n) is 7.51. The van der Waals surface area contributed by atoms with Crippen LogP contribution in [0.15, 0.2) is 40.9 Å². The van der Waals surface area contributed by atoms with E-state index in [0.717, 1.165) is 49.7 Å². The van der Waals surface area contributed by atoms with Crippen molar-refractivity contribution in [2.75, 3.05) is 19.6 Å². The first-order valence-electron chi connectivity index (χ1n) is 9.57. The van der Waals surface area contributed by atoms with Gasteiger partial charge in [0.1, 0.15) is 0 Å². The summed E-state index contributed by atoms with van der Waals surface area (Å²) in [5.41, 5.74) is 1.05. The van der Waals surface area contributed by atoms with Gasteiger partial charge < -0.3 is 9.73 Å². The van der Waals surface area contributed by atoms with E-state index in [1.807, 2.05) is 50.4 Å². The molecule has 0 bridgehead atoms. The van der Waals surface area contributed by atoms with Gasteiger partial charge in [-0.05, 0) is 32.2 Å². The van der Waals surface area contributed by atoms with Gasteiger partial charge in [-0.1, -0.05) is 44.2 Å². The van der Waals surface area contributed by atoms with Crippen molar-refractivity contribution >= 4 is 5.91 Å². The summed E-state index contributed by atoms with van der Waals surface area (Å²) in [5.74, 6) is 2.23. The molecule has 5 heteroatoms. The van der Waals surface area contributed by atoms with Crippen molar-refractivity contribution < 1.29 is 9.21 Å². The topological polar surface area (TPSA) is 58.4 Å². The summed E-state index contributed by atoms with van der Waals surface area (Å²) in [4.78, 5) is 18.7. The lowest BCUT2D eigenvalue weighted by atomic mass is 9.96. The number of aromatic nitrogens is 1. The quantitative estimate of drug-likeness (QED) is 0.854. The van der Waals surface area contributed by atoms with Crippen LogP contribution in [0, 0.1) is 11.8 Å². The molecule has 0 radical (unpaired) electrons. The van der Waals surface area contributed by atoms with Crippen molar-refractivity contribution in [3.63, 3.8) is 0 Å². The van der Waals surface area contributed by atoms with Crippen LogP contribution in [0.2, 0.25) is 0 Å². The molecule has 0 spiro atoms. The first-order chi connectivity index (χ1) is 12.5. The SMILES string of the molecule is CC(C)C(=O)NCC1CCCN(C(C)c2ncc(-c3ccccc3)o2)C1. The van der Waals surface area contributed by atoms with Gasteiger partial charge in [-0.15, -0.1) is 0 Å². The molecule has 1 aromatic carbocycles. The van der Waals surface area contributed by atoms with E-state index in [2.05, 4.69) is 22.1 Å². The number of nitrogens with one attached hydrogen (secondary N) is 1. The predicted molar refractivity (Wildman–Crippen MR) is 102 cm³/mol. The molecule has 0 aliphatic carbocycles. The maximum atomic E-state index is 11.8. The van der Waals surface area contributed by atoms with Crippen LogP contribution in [0.5, 0.6) is 0 Å². The van der Waals surface area contributed by atoms with E-state index in [1.165, 1.54) is 0 Å². The third kappa shape index (κ3) is 4.52. The highest BCUT2D eigenvalue weighted by molar-refractivity contribution is 5.77. The Labute approximate surface area is 155 Å². The molecule has 1 aromatic heterocycles. The fourth-order valence-corrected chi connectivity index (χ4v) is 3.44.